The van der Waals surface area contributed by atoms with E-state index in [2.05, 4.69) is 10.3 Å². The number of hydrogen-bond acceptors (Lipinski definition) is 4. The van der Waals surface area contributed by atoms with E-state index in [0.717, 1.165) is 15.8 Å². The maximum Gasteiger partial charge on any atom is 0.410 e. The lowest BCUT2D eigenvalue weighted by Crippen LogP contribution is -2.45. The highest BCUT2D eigenvalue weighted by Gasteiger charge is 2.38. The van der Waals surface area contributed by atoms with Gasteiger partial charge in [-0.25, -0.2) is 4.79 Å². The van der Waals surface area contributed by atoms with E-state index in [1.807, 2.05) is 45.0 Å². The average Bonchev–Trinajstić information content (AvgIpc) is 3.34. The number of nitrogens with one attached hydrogen (secondary N) is 2. The zero-order valence-electron chi connectivity index (χ0n) is 17.6. The fourth-order valence-corrected chi connectivity index (χ4v) is 5.06. The van der Waals surface area contributed by atoms with Gasteiger partial charge in [0.15, 0.2) is 0 Å². The summed E-state index contributed by atoms with van der Waals surface area (Å²) in [5.74, 6) is -0.293. The number of aromatic nitrogens is 1. The van der Waals surface area contributed by atoms with Gasteiger partial charge in [0.25, 0.3) is 5.91 Å². The van der Waals surface area contributed by atoms with Gasteiger partial charge >= 0.3 is 6.09 Å². The number of thiophene rings is 1. The van der Waals surface area contributed by atoms with Crippen molar-refractivity contribution in [3.63, 3.8) is 0 Å². The first-order valence-corrected chi connectivity index (χ1v) is 11.4. The van der Waals surface area contributed by atoms with Crippen LogP contribution in [0.15, 0.2) is 30.3 Å². The number of nitrogens with zero attached hydrogens (tertiary/aromatic N) is 1. The lowest BCUT2D eigenvalue weighted by molar-refractivity contribution is 0.0347. The molecule has 3 aromatic rings. The fraction of sp³-hybridized carbons (Fsp3) is 0.364. The Morgan fingerprint density at radius 1 is 1.26 bits per heavy atom. The molecule has 0 bridgehead atoms. The molecule has 2 amide bonds. The number of benzene rings is 1. The molecule has 1 aliphatic rings. The SMILES string of the molecule is CN(C(=O)O[C@@H]1c2ccccc2C[C@H]1NC(=O)c1cc2sc(Cl)c(Cl)c2[nH]1)C(C)(C)C. The second kappa shape index (κ2) is 8.04. The zero-order chi connectivity index (χ0) is 22.5. The Morgan fingerprint density at radius 3 is 2.65 bits per heavy atom. The first-order valence-electron chi connectivity index (χ1n) is 9.86. The number of rotatable bonds is 3. The molecule has 0 unspecified atom stereocenters. The molecule has 0 fully saturated rings. The highest BCUT2D eigenvalue weighted by molar-refractivity contribution is 7.23. The van der Waals surface area contributed by atoms with Gasteiger partial charge in [-0.2, -0.15) is 0 Å². The summed E-state index contributed by atoms with van der Waals surface area (Å²) in [4.78, 5) is 30.3. The van der Waals surface area contributed by atoms with Crippen molar-refractivity contribution in [3.05, 3.63) is 56.5 Å². The van der Waals surface area contributed by atoms with Crippen LogP contribution in [0.4, 0.5) is 4.79 Å². The molecule has 2 heterocycles. The molecular weight excluding hydrogens is 457 g/mol. The summed E-state index contributed by atoms with van der Waals surface area (Å²) in [7, 11) is 1.71. The van der Waals surface area contributed by atoms with E-state index < -0.39 is 12.2 Å². The number of H-pyrrole nitrogens is 1. The van der Waals surface area contributed by atoms with Crippen molar-refractivity contribution >= 4 is 56.8 Å². The van der Waals surface area contributed by atoms with Crippen LogP contribution < -0.4 is 5.32 Å². The Balaban J connectivity index is 1.56. The molecule has 2 atom stereocenters. The highest BCUT2D eigenvalue weighted by atomic mass is 35.5. The summed E-state index contributed by atoms with van der Waals surface area (Å²) in [5, 5.41) is 3.43. The molecule has 0 aliphatic heterocycles. The zero-order valence-corrected chi connectivity index (χ0v) is 19.9. The van der Waals surface area contributed by atoms with Gasteiger partial charge in [-0.1, -0.05) is 47.5 Å². The van der Waals surface area contributed by atoms with Crippen molar-refractivity contribution in [1.29, 1.82) is 0 Å². The smallest absolute Gasteiger partial charge is 0.410 e. The van der Waals surface area contributed by atoms with Crippen molar-refractivity contribution in [2.75, 3.05) is 7.05 Å². The Hall–Kier alpha value is -2.22. The number of carbonyl (C=O) groups excluding carboxylic acids is 2. The van der Waals surface area contributed by atoms with Crippen LogP contribution in [0.2, 0.25) is 9.36 Å². The van der Waals surface area contributed by atoms with Crippen molar-refractivity contribution in [1.82, 2.24) is 15.2 Å². The van der Waals surface area contributed by atoms with E-state index in [4.69, 9.17) is 27.9 Å². The van der Waals surface area contributed by atoms with Crippen LogP contribution in [0.1, 0.15) is 48.5 Å². The molecule has 0 saturated carbocycles. The van der Waals surface area contributed by atoms with Crippen LogP contribution in [0.5, 0.6) is 0 Å². The third kappa shape index (κ3) is 4.14. The Kier molecular flexibility index (Phi) is 5.70. The standard InChI is InChI=1S/C22H23Cl2N3O3S/c1-22(2,3)27(4)21(29)30-18-12-8-6-5-7-11(12)9-13(18)26-20(28)14-10-15-17(25-14)16(23)19(24)31-15/h5-8,10,13,18,25H,9H2,1-4H3,(H,26,28)/t13-,18-/m1/s1. The lowest BCUT2D eigenvalue weighted by atomic mass is 10.1. The van der Waals surface area contributed by atoms with Gasteiger partial charge in [-0.05, 0) is 44.4 Å². The number of fused-ring (bicyclic) bond motifs is 2. The molecule has 1 aliphatic carbocycles. The monoisotopic (exact) mass is 479 g/mol. The number of amides is 2. The third-order valence-corrected chi connectivity index (χ3v) is 7.54. The molecule has 6 nitrogen and oxygen atoms in total. The fourth-order valence-electron chi connectivity index (χ4n) is 3.58. The van der Waals surface area contributed by atoms with Crippen molar-refractivity contribution in [3.8, 4) is 0 Å². The summed E-state index contributed by atoms with van der Waals surface area (Å²) >= 11 is 13.6. The van der Waals surface area contributed by atoms with Crippen molar-refractivity contribution in [2.24, 2.45) is 0 Å². The van der Waals surface area contributed by atoms with E-state index >= 15 is 0 Å². The highest BCUT2D eigenvalue weighted by Crippen LogP contribution is 2.39. The van der Waals surface area contributed by atoms with Gasteiger partial charge < -0.3 is 19.9 Å². The Morgan fingerprint density at radius 2 is 1.97 bits per heavy atom. The van der Waals surface area contributed by atoms with E-state index in [1.165, 1.54) is 11.3 Å². The number of aromatic amines is 1. The van der Waals surface area contributed by atoms with Crippen LogP contribution in [0, 0.1) is 0 Å². The summed E-state index contributed by atoms with van der Waals surface area (Å²) in [6, 6.07) is 9.10. The molecular formula is C22H23Cl2N3O3S. The van der Waals surface area contributed by atoms with Crippen LogP contribution in [-0.2, 0) is 11.2 Å². The Bertz CT molecular complexity index is 1160. The van der Waals surface area contributed by atoms with Gasteiger partial charge in [0.1, 0.15) is 16.1 Å². The minimum absolute atomic E-state index is 0.293. The Labute approximate surface area is 194 Å². The van der Waals surface area contributed by atoms with Crippen LogP contribution >= 0.6 is 34.5 Å². The van der Waals surface area contributed by atoms with Gasteiger partial charge in [0, 0.05) is 12.6 Å². The first kappa shape index (κ1) is 22.0. The van der Waals surface area contributed by atoms with Crippen LogP contribution in [0.3, 0.4) is 0 Å². The van der Waals surface area contributed by atoms with E-state index in [1.54, 1.807) is 18.0 Å². The normalized spacial score (nSPS) is 18.1. The van der Waals surface area contributed by atoms with Crippen molar-refractivity contribution < 1.29 is 14.3 Å². The van der Waals surface area contributed by atoms with E-state index in [-0.39, 0.29) is 17.5 Å². The van der Waals surface area contributed by atoms with Gasteiger partial charge in [-0.15, -0.1) is 11.3 Å². The molecule has 0 spiro atoms. The number of ether oxygens (including phenoxy) is 1. The largest absolute Gasteiger partial charge is 0.439 e. The molecule has 2 aromatic heterocycles. The van der Waals surface area contributed by atoms with Crippen LogP contribution in [0.25, 0.3) is 10.2 Å². The molecule has 9 heteroatoms. The van der Waals surface area contributed by atoms with E-state index in [9.17, 15) is 9.59 Å². The minimum atomic E-state index is -0.577. The number of carbonyl (C=O) groups is 2. The minimum Gasteiger partial charge on any atom is -0.439 e. The second-order valence-corrected chi connectivity index (χ2v) is 10.7. The van der Waals surface area contributed by atoms with Gasteiger partial charge in [-0.3, -0.25) is 4.79 Å². The molecule has 31 heavy (non-hydrogen) atoms. The third-order valence-electron chi connectivity index (χ3n) is 5.61. The van der Waals surface area contributed by atoms with Gasteiger partial charge in [0.05, 0.1) is 21.3 Å². The number of halogens is 2. The quantitative estimate of drug-likeness (QED) is 0.498. The maximum atomic E-state index is 13.0. The molecule has 0 saturated heterocycles. The number of hydrogen-bond donors (Lipinski definition) is 2. The predicted molar refractivity (Wildman–Crippen MR) is 124 cm³/mol. The maximum absolute atomic E-state index is 13.0. The van der Waals surface area contributed by atoms with Crippen molar-refractivity contribution in [2.45, 2.75) is 44.9 Å². The summed E-state index contributed by atoms with van der Waals surface area (Å²) in [6.07, 6.45) is -0.442. The first-order chi connectivity index (χ1) is 14.6. The topological polar surface area (TPSA) is 74.4 Å². The molecule has 4 rings (SSSR count). The molecule has 164 valence electrons. The summed E-state index contributed by atoms with van der Waals surface area (Å²) in [5.41, 5.74) is 2.60. The lowest BCUT2D eigenvalue weighted by Gasteiger charge is -2.33. The van der Waals surface area contributed by atoms with Crippen LogP contribution in [-0.4, -0.2) is 40.5 Å². The second-order valence-electron chi connectivity index (χ2n) is 8.63. The predicted octanol–water partition coefficient (Wildman–Crippen LogP) is 5.80. The molecule has 2 N–H and O–H groups in total. The van der Waals surface area contributed by atoms with E-state index in [0.29, 0.717) is 27.0 Å². The molecule has 0 radical (unpaired) electrons. The summed E-state index contributed by atoms with van der Waals surface area (Å²) < 4.78 is 7.17. The van der Waals surface area contributed by atoms with Gasteiger partial charge in [0.2, 0.25) is 0 Å². The average molecular weight is 480 g/mol. The summed E-state index contributed by atoms with van der Waals surface area (Å²) in [6.45, 7) is 5.80. The molecule has 1 aromatic carbocycles.